The molecule has 140 valence electrons. The lowest BCUT2D eigenvalue weighted by Gasteiger charge is -2.12. The molecule has 0 saturated carbocycles. The first-order valence-electron chi connectivity index (χ1n) is 9.24. The molecule has 2 aromatic carbocycles. The lowest BCUT2D eigenvalue weighted by molar-refractivity contribution is 0.0679. The predicted octanol–water partition coefficient (Wildman–Crippen LogP) is 3.06. The third-order valence-corrected chi connectivity index (χ3v) is 4.84. The molecule has 1 saturated heterocycles. The number of rotatable bonds is 6. The molecular formula is C21H23N3O3. The topological polar surface area (TPSA) is 65.4 Å². The number of nitrogens with zero attached hydrogens (tertiary/aromatic N) is 2. The molecule has 1 N–H and O–H groups in total. The van der Waals surface area contributed by atoms with Crippen LogP contribution in [0.2, 0.25) is 0 Å². The minimum atomic E-state index is -0.148. The highest BCUT2D eigenvalue weighted by atomic mass is 16.5. The van der Waals surface area contributed by atoms with Gasteiger partial charge in [-0.2, -0.15) is 0 Å². The van der Waals surface area contributed by atoms with E-state index in [2.05, 4.69) is 10.3 Å². The molecule has 27 heavy (non-hydrogen) atoms. The van der Waals surface area contributed by atoms with Gasteiger partial charge in [0.05, 0.1) is 23.7 Å². The summed E-state index contributed by atoms with van der Waals surface area (Å²) in [5.74, 6) is 1.35. The van der Waals surface area contributed by atoms with Crippen LogP contribution < -0.4 is 10.1 Å². The number of amides is 1. The maximum absolute atomic E-state index is 12.5. The van der Waals surface area contributed by atoms with Gasteiger partial charge in [0.15, 0.2) is 0 Å². The Morgan fingerprint density at radius 1 is 1.30 bits per heavy atom. The fraction of sp³-hybridized carbons (Fsp3) is 0.333. The molecule has 0 radical (unpaired) electrons. The molecule has 6 heteroatoms. The van der Waals surface area contributed by atoms with Gasteiger partial charge in [0, 0.05) is 19.2 Å². The summed E-state index contributed by atoms with van der Waals surface area (Å²) in [6.45, 7) is 1.69. The van der Waals surface area contributed by atoms with E-state index < -0.39 is 0 Å². The Morgan fingerprint density at radius 2 is 2.19 bits per heavy atom. The van der Waals surface area contributed by atoms with Gasteiger partial charge in [-0.25, -0.2) is 4.98 Å². The van der Waals surface area contributed by atoms with Crippen molar-refractivity contribution in [2.45, 2.75) is 25.5 Å². The molecule has 1 unspecified atom stereocenters. The van der Waals surface area contributed by atoms with E-state index >= 15 is 0 Å². The van der Waals surface area contributed by atoms with Crippen LogP contribution in [0, 0.1) is 0 Å². The van der Waals surface area contributed by atoms with Crippen LogP contribution >= 0.6 is 0 Å². The molecule has 1 aliphatic heterocycles. The molecular weight excluding hydrogens is 342 g/mol. The highest BCUT2D eigenvalue weighted by Gasteiger charge is 2.16. The molecule has 3 aromatic rings. The van der Waals surface area contributed by atoms with E-state index in [9.17, 15) is 4.79 Å². The van der Waals surface area contributed by atoms with Crippen LogP contribution in [-0.2, 0) is 18.3 Å². The molecule has 1 aliphatic rings. The number of carbonyl (C=O) groups is 1. The van der Waals surface area contributed by atoms with Crippen molar-refractivity contribution in [2.75, 3.05) is 13.2 Å². The van der Waals surface area contributed by atoms with Gasteiger partial charge in [-0.05, 0) is 43.2 Å². The Hall–Kier alpha value is -2.86. The van der Waals surface area contributed by atoms with Crippen molar-refractivity contribution in [3.05, 3.63) is 59.9 Å². The molecule has 1 atom stereocenters. The summed E-state index contributed by atoms with van der Waals surface area (Å²) in [5, 5.41) is 2.94. The van der Waals surface area contributed by atoms with Crippen molar-refractivity contribution < 1.29 is 14.3 Å². The number of carbonyl (C=O) groups excluding carboxylic acids is 1. The predicted molar refractivity (Wildman–Crippen MR) is 103 cm³/mol. The van der Waals surface area contributed by atoms with Gasteiger partial charge in [0.25, 0.3) is 5.91 Å². The van der Waals surface area contributed by atoms with Crippen molar-refractivity contribution >= 4 is 16.9 Å². The second kappa shape index (κ2) is 7.80. The number of ether oxygens (including phenoxy) is 2. The van der Waals surface area contributed by atoms with Crippen LogP contribution in [0.5, 0.6) is 5.75 Å². The normalized spacial score (nSPS) is 16.6. The highest BCUT2D eigenvalue weighted by Crippen LogP contribution is 2.18. The largest absolute Gasteiger partial charge is 0.491 e. The van der Waals surface area contributed by atoms with E-state index in [4.69, 9.17) is 9.47 Å². The Morgan fingerprint density at radius 3 is 3.00 bits per heavy atom. The van der Waals surface area contributed by atoms with Gasteiger partial charge in [0.1, 0.15) is 18.2 Å². The molecule has 1 fully saturated rings. The van der Waals surface area contributed by atoms with Crippen molar-refractivity contribution in [1.29, 1.82) is 0 Å². The Kier molecular flexibility index (Phi) is 5.07. The Bertz CT molecular complexity index is 945. The molecule has 4 rings (SSSR count). The quantitative estimate of drug-likeness (QED) is 0.729. The van der Waals surface area contributed by atoms with Gasteiger partial charge in [-0.1, -0.05) is 18.2 Å². The zero-order valence-corrected chi connectivity index (χ0v) is 15.4. The second-order valence-corrected chi connectivity index (χ2v) is 6.73. The van der Waals surface area contributed by atoms with Crippen LogP contribution in [0.3, 0.4) is 0 Å². The monoisotopic (exact) mass is 365 g/mol. The van der Waals surface area contributed by atoms with Crippen LogP contribution in [-0.4, -0.2) is 34.8 Å². The van der Waals surface area contributed by atoms with Gasteiger partial charge in [0.2, 0.25) is 0 Å². The van der Waals surface area contributed by atoms with Gasteiger partial charge < -0.3 is 19.4 Å². The third kappa shape index (κ3) is 3.95. The number of benzene rings is 2. The van der Waals surface area contributed by atoms with Crippen LogP contribution in [0.15, 0.2) is 48.5 Å². The molecule has 6 nitrogen and oxygen atoms in total. The summed E-state index contributed by atoms with van der Waals surface area (Å²) in [6, 6.07) is 15.2. The lowest BCUT2D eigenvalue weighted by atomic mass is 10.2. The fourth-order valence-corrected chi connectivity index (χ4v) is 3.31. The minimum absolute atomic E-state index is 0.148. The molecule has 0 bridgehead atoms. The van der Waals surface area contributed by atoms with Crippen molar-refractivity contribution in [2.24, 2.45) is 7.05 Å². The zero-order chi connectivity index (χ0) is 18.6. The maximum Gasteiger partial charge on any atom is 0.251 e. The number of imidazole rings is 1. The molecule has 0 spiro atoms. The van der Waals surface area contributed by atoms with Crippen LogP contribution in [0.1, 0.15) is 29.0 Å². The average molecular weight is 365 g/mol. The van der Waals surface area contributed by atoms with E-state index in [1.165, 1.54) is 0 Å². The Balaban J connectivity index is 1.38. The smallest absolute Gasteiger partial charge is 0.251 e. The first-order valence-corrected chi connectivity index (χ1v) is 9.24. The van der Waals surface area contributed by atoms with E-state index in [-0.39, 0.29) is 12.0 Å². The van der Waals surface area contributed by atoms with Crippen LogP contribution in [0.25, 0.3) is 11.0 Å². The Labute approximate surface area is 158 Å². The molecule has 0 aliphatic carbocycles. The zero-order valence-electron chi connectivity index (χ0n) is 15.4. The minimum Gasteiger partial charge on any atom is -0.491 e. The van der Waals surface area contributed by atoms with E-state index in [1.807, 2.05) is 48.0 Å². The number of aryl methyl sites for hydroxylation is 1. The highest BCUT2D eigenvalue weighted by molar-refractivity contribution is 5.94. The summed E-state index contributed by atoms with van der Waals surface area (Å²) in [5.41, 5.74) is 2.54. The van der Waals surface area contributed by atoms with Crippen molar-refractivity contribution in [3.8, 4) is 5.75 Å². The summed E-state index contributed by atoms with van der Waals surface area (Å²) < 4.78 is 13.3. The molecule has 2 heterocycles. The number of nitrogens with one attached hydrogen (secondary N) is 1. The van der Waals surface area contributed by atoms with Gasteiger partial charge >= 0.3 is 0 Å². The van der Waals surface area contributed by atoms with Gasteiger partial charge in [-0.3, -0.25) is 4.79 Å². The number of hydrogen-bond acceptors (Lipinski definition) is 4. The SMILES string of the molecule is Cn1c(CNC(=O)c2cccc(OCC3CCCO3)c2)nc2ccccc21. The van der Waals surface area contributed by atoms with Crippen molar-refractivity contribution in [3.63, 3.8) is 0 Å². The summed E-state index contributed by atoms with van der Waals surface area (Å²) >= 11 is 0. The van der Waals surface area contributed by atoms with E-state index in [1.54, 1.807) is 12.1 Å². The standard InChI is InChI=1S/C21H23N3O3/c1-24-19-10-3-2-9-18(19)23-20(24)13-22-21(25)15-6-4-7-16(12-15)27-14-17-8-5-11-26-17/h2-4,6-7,9-10,12,17H,5,8,11,13-14H2,1H3,(H,22,25). The number of para-hydroxylation sites is 2. The molecule has 1 aromatic heterocycles. The lowest BCUT2D eigenvalue weighted by Crippen LogP contribution is -2.24. The number of fused-ring (bicyclic) bond motifs is 1. The third-order valence-electron chi connectivity index (χ3n) is 4.84. The van der Waals surface area contributed by atoms with Gasteiger partial charge in [-0.15, -0.1) is 0 Å². The first kappa shape index (κ1) is 17.5. The van der Waals surface area contributed by atoms with E-state index in [0.29, 0.717) is 24.5 Å². The molecule has 1 amide bonds. The fourth-order valence-electron chi connectivity index (χ4n) is 3.31. The van der Waals surface area contributed by atoms with Crippen molar-refractivity contribution in [1.82, 2.24) is 14.9 Å². The number of hydrogen-bond donors (Lipinski definition) is 1. The number of aromatic nitrogens is 2. The van der Waals surface area contributed by atoms with E-state index in [0.717, 1.165) is 36.3 Å². The summed E-state index contributed by atoms with van der Waals surface area (Å²) in [6.07, 6.45) is 2.26. The first-order chi connectivity index (χ1) is 13.2. The van der Waals surface area contributed by atoms with Crippen LogP contribution in [0.4, 0.5) is 0 Å². The summed E-state index contributed by atoms with van der Waals surface area (Å²) in [4.78, 5) is 17.1. The second-order valence-electron chi connectivity index (χ2n) is 6.73. The summed E-state index contributed by atoms with van der Waals surface area (Å²) in [7, 11) is 1.95. The maximum atomic E-state index is 12.5. The average Bonchev–Trinajstić information content (AvgIpc) is 3.33.